The summed E-state index contributed by atoms with van der Waals surface area (Å²) in [5.74, 6) is 0. The van der Waals surface area contributed by atoms with Crippen LogP contribution in [0.3, 0.4) is 0 Å². The van der Waals surface area contributed by atoms with E-state index in [-0.39, 0.29) is 0 Å². The van der Waals surface area contributed by atoms with Crippen molar-refractivity contribution in [1.29, 1.82) is 0 Å². The molecule has 2 rings (SSSR count). The Morgan fingerprint density at radius 2 is 1.90 bits per heavy atom. The van der Waals surface area contributed by atoms with E-state index in [4.69, 9.17) is 4.74 Å². The van der Waals surface area contributed by atoms with Gasteiger partial charge in [-0.2, -0.15) is 0 Å². The molecule has 2 unspecified atom stereocenters. The summed E-state index contributed by atoms with van der Waals surface area (Å²) in [5.41, 5.74) is 1.32. The molecule has 21 heavy (non-hydrogen) atoms. The smallest absolute Gasteiger partial charge is 0.0755 e. The zero-order valence-corrected chi connectivity index (χ0v) is 13.6. The summed E-state index contributed by atoms with van der Waals surface area (Å²) in [4.78, 5) is 2.49. The van der Waals surface area contributed by atoms with Crippen molar-refractivity contribution in [2.75, 3.05) is 31.1 Å². The average molecular weight is 290 g/mol. The quantitative estimate of drug-likeness (QED) is 0.754. The Hall–Kier alpha value is -1.06. The predicted molar refractivity (Wildman–Crippen MR) is 90.0 cm³/mol. The summed E-state index contributed by atoms with van der Waals surface area (Å²) in [6, 6.07) is 10.7. The Balaban J connectivity index is 1.87. The monoisotopic (exact) mass is 290 g/mol. The van der Waals surface area contributed by atoms with Gasteiger partial charge in [0.05, 0.1) is 12.2 Å². The van der Waals surface area contributed by atoms with Crippen LogP contribution < -0.4 is 10.2 Å². The molecule has 0 aromatic heterocycles. The molecule has 1 aromatic rings. The van der Waals surface area contributed by atoms with Crippen LogP contribution in [0, 0.1) is 0 Å². The minimum atomic E-state index is 0.380. The highest BCUT2D eigenvalue weighted by Gasteiger charge is 2.26. The topological polar surface area (TPSA) is 24.5 Å². The molecule has 1 saturated heterocycles. The van der Waals surface area contributed by atoms with Crippen LogP contribution in [-0.2, 0) is 4.74 Å². The second-order valence-corrected chi connectivity index (χ2v) is 5.90. The Bertz CT molecular complexity index is 382. The molecule has 0 spiro atoms. The van der Waals surface area contributed by atoms with Gasteiger partial charge in [-0.05, 0) is 37.9 Å². The Morgan fingerprint density at radius 3 is 2.62 bits per heavy atom. The van der Waals surface area contributed by atoms with Crippen molar-refractivity contribution in [2.24, 2.45) is 0 Å². The first-order chi connectivity index (χ1) is 10.3. The van der Waals surface area contributed by atoms with E-state index >= 15 is 0 Å². The van der Waals surface area contributed by atoms with Crippen LogP contribution in [0.25, 0.3) is 0 Å². The molecule has 0 aliphatic carbocycles. The van der Waals surface area contributed by atoms with Crippen molar-refractivity contribution >= 4 is 5.69 Å². The second-order valence-electron chi connectivity index (χ2n) is 5.90. The standard InChI is InChI=1S/C18H30N2O/c1-3-5-13-20(16-9-7-6-8-10-16)15-18-12-11-17(21-18)14-19-4-2/h6-10,17-19H,3-5,11-15H2,1-2H3. The van der Waals surface area contributed by atoms with E-state index in [1.165, 1.54) is 31.4 Å². The van der Waals surface area contributed by atoms with Crippen LogP contribution in [0.5, 0.6) is 0 Å². The van der Waals surface area contributed by atoms with Gasteiger partial charge in [-0.15, -0.1) is 0 Å². The number of likely N-dealkylation sites (N-methyl/N-ethyl adjacent to an activating group) is 1. The SMILES string of the molecule is CCCCN(CC1CCC(CNCC)O1)c1ccccc1. The molecule has 0 amide bonds. The third-order valence-electron chi connectivity index (χ3n) is 4.14. The second kappa shape index (κ2) is 9.06. The summed E-state index contributed by atoms with van der Waals surface area (Å²) in [6.07, 6.45) is 5.63. The molecule has 0 bridgehead atoms. The summed E-state index contributed by atoms with van der Waals surface area (Å²) in [6.45, 7) is 8.56. The normalized spacial score (nSPS) is 21.6. The van der Waals surface area contributed by atoms with E-state index in [0.29, 0.717) is 12.2 Å². The first-order valence-electron chi connectivity index (χ1n) is 8.49. The van der Waals surface area contributed by atoms with Gasteiger partial charge < -0.3 is 15.0 Å². The first-order valence-corrected chi connectivity index (χ1v) is 8.49. The lowest BCUT2D eigenvalue weighted by atomic mass is 10.1. The van der Waals surface area contributed by atoms with Crippen molar-refractivity contribution in [1.82, 2.24) is 5.32 Å². The molecule has 1 fully saturated rings. The Labute approximate surface area is 129 Å². The van der Waals surface area contributed by atoms with E-state index in [1.807, 2.05) is 0 Å². The number of anilines is 1. The van der Waals surface area contributed by atoms with Gasteiger partial charge in [0.15, 0.2) is 0 Å². The first kappa shape index (κ1) is 16.3. The van der Waals surface area contributed by atoms with Gasteiger partial charge in [0.2, 0.25) is 0 Å². The van der Waals surface area contributed by atoms with Crippen LogP contribution >= 0.6 is 0 Å². The summed E-state index contributed by atoms with van der Waals surface area (Å²) < 4.78 is 6.19. The summed E-state index contributed by atoms with van der Waals surface area (Å²) >= 11 is 0. The third kappa shape index (κ3) is 5.33. The number of nitrogens with zero attached hydrogens (tertiary/aromatic N) is 1. The lowest BCUT2D eigenvalue weighted by Crippen LogP contribution is -2.34. The van der Waals surface area contributed by atoms with Gasteiger partial charge in [-0.3, -0.25) is 0 Å². The molecule has 0 radical (unpaired) electrons. The van der Waals surface area contributed by atoms with E-state index in [2.05, 4.69) is 54.4 Å². The fourth-order valence-corrected chi connectivity index (χ4v) is 2.93. The van der Waals surface area contributed by atoms with Crippen LogP contribution in [-0.4, -0.2) is 38.4 Å². The maximum absolute atomic E-state index is 6.19. The number of unbranched alkanes of at least 4 members (excludes halogenated alkanes) is 1. The summed E-state index contributed by atoms with van der Waals surface area (Å²) in [5, 5.41) is 3.39. The highest BCUT2D eigenvalue weighted by Crippen LogP contribution is 2.23. The number of hydrogen-bond donors (Lipinski definition) is 1. The van der Waals surface area contributed by atoms with Gasteiger partial charge in [-0.25, -0.2) is 0 Å². The van der Waals surface area contributed by atoms with E-state index < -0.39 is 0 Å². The fraction of sp³-hybridized carbons (Fsp3) is 0.667. The predicted octanol–water partition coefficient (Wildman–Crippen LogP) is 3.45. The van der Waals surface area contributed by atoms with Crippen LogP contribution in [0.4, 0.5) is 5.69 Å². The minimum absolute atomic E-state index is 0.380. The van der Waals surface area contributed by atoms with E-state index in [9.17, 15) is 0 Å². The van der Waals surface area contributed by atoms with Crippen LogP contribution in [0.1, 0.15) is 39.5 Å². The fourth-order valence-electron chi connectivity index (χ4n) is 2.93. The van der Waals surface area contributed by atoms with Crippen molar-refractivity contribution in [3.8, 4) is 0 Å². The molecule has 1 aliphatic heterocycles. The lowest BCUT2D eigenvalue weighted by Gasteiger charge is -2.28. The number of hydrogen-bond acceptors (Lipinski definition) is 3. The minimum Gasteiger partial charge on any atom is -0.372 e. The van der Waals surface area contributed by atoms with Gasteiger partial charge >= 0.3 is 0 Å². The van der Waals surface area contributed by atoms with Gasteiger partial charge in [0.1, 0.15) is 0 Å². The Kier molecular flexibility index (Phi) is 7.04. The molecule has 2 atom stereocenters. The highest BCUT2D eigenvalue weighted by atomic mass is 16.5. The molecule has 0 saturated carbocycles. The molecule has 3 heteroatoms. The molecule has 3 nitrogen and oxygen atoms in total. The van der Waals surface area contributed by atoms with Crippen molar-refractivity contribution in [2.45, 2.75) is 51.7 Å². The molecular weight excluding hydrogens is 260 g/mol. The van der Waals surface area contributed by atoms with Crippen molar-refractivity contribution in [3.63, 3.8) is 0 Å². The zero-order valence-electron chi connectivity index (χ0n) is 13.6. The van der Waals surface area contributed by atoms with Crippen LogP contribution in [0.2, 0.25) is 0 Å². The molecule has 1 aromatic carbocycles. The molecular formula is C18H30N2O. The third-order valence-corrected chi connectivity index (χ3v) is 4.14. The maximum atomic E-state index is 6.19. The van der Waals surface area contributed by atoms with Gasteiger partial charge in [-0.1, -0.05) is 38.5 Å². The van der Waals surface area contributed by atoms with Gasteiger partial charge in [0.25, 0.3) is 0 Å². The highest BCUT2D eigenvalue weighted by molar-refractivity contribution is 5.46. The number of ether oxygens (including phenoxy) is 1. The van der Waals surface area contributed by atoms with E-state index in [1.54, 1.807) is 0 Å². The largest absolute Gasteiger partial charge is 0.372 e. The maximum Gasteiger partial charge on any atom is 0.0755 e. The zero-order chi connectivity index (χ0) is 14.9. The average Bonchev–Trinajstić information content (AvgIpc) is 2.97. The van der Waals surface area contributed by atoms with Crippen molar-refractivity contribution < 1.29 is 4.74 Å². The molecule has 1 aliphatic rings. The molecule has 1 heterocycles. The van der Waals surface area contributed by atoms with Crippen molar-refractivity contribution in [3.05, 3.63) is 30.3 Å². The lowest BCUT2D eigenvalue weighted by molar-refractivity contribution is 0.0497. The molecule has 1 N–H and O–H groups in total. The molecule has 118 valence electrons. The van der Waals surface area contributed by atoms with Crippen LogP contribution in [0.15, 0.2) is 30.3 Å². The number of nitrogens with one attached hydrogen (secondary N) is 1. The number of rotatable bonds is 9. The summed E-state index contributed by atoms with van der Waals surface area (Å²) in [7, 11) is 0. The van der Waals surface area contributed by atoms with E-state index in [0.717, 1.165) is 26.2 Å². The number of benzene rings is 1. The number of para-hydroxylation sites is 1. The van der Waals surface area contributed by atoms with Gasteiger partial charge in [0, 0.05) is 25.3 Å². The Morgan fingerprint density at radius 1 is 1.14 bits per heavy atom.